The molecule has 0 N–H and O–H groups in total. The summed E-state index contributed by atoms with van der Waals surface area (Å²) in [6, 6.07) is 0.986. The van der Waals surface area contributed by atoms with Gasteiger partial charge in [-0.1, -0.05) is 19.2 Å². The molecule has 1 rings (SSSR count). The van der Waals surface area contributed by atoms with Crippen LogP contribution in [0.2, 0.25) is 0 Å². The van der Waals surface area contributed by atoms with E-state index in [0.717, 1.165) is 18.3 Å². The van der Waals surface area contributed by atoms with E-state index in [0.29, 0.717) is 0 Å². The predicted octanol–water partition coefficient (Wildman–Crippen LogP) is 3.32. The number of alkyl halides is 3. The predicted molar refractivity (Wildman–Crippen MR) is 67.9 cm³/mol. The Morgan fingerprint density at radius 2 is 2.05 bits per heavy atom. The lowest BCUT2D eigenvalue weighted by atomic mass is 10.1. The summed E-state index contributed by atoms with van der Waals surface area (Å²) in [4.78, 5) is 3.83. The number of nitrogens with zero attached hydrogens (tertiary/aromatic N) is 1. The Morgan fingerprint density at radius 3 is 2.47 bits per heavy atom. The van der Waals surface area contributed by atoms with Crippen LogP contribution < -0.4 is 4.18 Å². The van der Waals surface area contributed by atoms with E-state index in [-0.39, 0.29) is 15.7 Å². The lowest BCUT2D eigenvalue weighted by Gasteiger charge is -2.13. The summed E-state index contributed by atoms with van der Waals surface area (Å²) in [5.41, 5.74) is -5.40. The molecule has 0 fully saturated rings. The van der Waals surface area contributed by atoms with E-state index in [1.54, 1.807) is 0 Å². The van der Waals surface area contributed by atoms with E-state index >= 15 is 0 Å². The molecule has 1 heterocycles. The van der Waals surface area contributed by atoms with Crippen molar-refractivity contribution in [2.24, 2.45) is 0 Å². The molecule has 0 spiro atoms. The Morgan fingerprint density at radius 1 is 1.47 bits per heavy atom. The molecular formula is C10H7BrF3NO3S. The number of hydrogen-bond donors (Lipinski definition) is 0. The monoisotopic (exact) mass is 357 g/mol. The van der Waals surface area contributed by atoms with Gasteiger partial charge in [0.15, 0.2) is 5.75 Å². The number of pyridine rings is 1. The molecule has 0 aliphatic heterocycles. The van der Waals surface area contributed by atoms with Crippen molar-refractivity contribution in [3.05, 3.63) is 36.7 Å². The fraction of sp³-hybridized carbons (Fsp3) is 0.100. The van der Waals surface area contributed by atoms with E-state index in [4.69, 9.17) is 0 Å². The quantitative estimate of drug-likeness (QED) is 0.612. The molecule has 1 aromatic rings. The van der Waals surface area contributed by atoms with Crippen molar-refractivity contribution in [2.75, 3.05) is 0 Å². The Labute approximate surface area is 115 Å². The molecule has 19 heavy (non-hydrogen) atoms. The molecule has 0 unspecified atom stereocenters. The molecule has 9 heteroatoms. The molecular weight excluding hydrogens is 351 g/mol. The van der Waals surface area contributed by atoms with E-state index in [1.165, 1.54) is 0 Å². The maximum atomic E-state index is 12.2. The molecule has 1 aromatic heterocycles. The minimum Gasteiger partial charge on any atom is -0.375 e. The third-order valence-corrected chi connectivity index (χ3v) is 3.24. The molecule has 0 saturated carbocycles. The SMILES string of the molecule is C=Cc1c(OS(=O)(=O)C(F)(F)F)ccnc1C(=C)Br. The van der Waals surface area contributed by atoms with Crippen LogP contribution in [-0.2, 0) is 10.1 Å². The van der Waals surface area contributed by atoms with Gasteiger partial charge in [-0.2, -0.15) is 21.6 Å². The Kier molecular flexibility index (Phi) is 4.41. The van der Waals surface area contributed by atoms with Crippen LogP contribution in [0.3, 0.4) is 0 Å². The van der Waals surface area contributed by atoms with E-state index in [9.17, 15) is 21.6 Å². The normalized spacial score (nSPS) is 12.0. The van der Waals surface area contributed by atoms with Crippen molar-refractivity contribution in [3.63, 3.8) is 0 Å². The lowest BCUT2D eigenvalue weighted by molar-refractivity contribution is -0.0500. The maximum Gasteiger partial charge on any atom is 0.534 e. The van der Waals surface area contributed by atoms with Crippen molar-refractivity contribution in [3.8, 4) is 5.75 Å². The summed E-state index contributed by atoms with van der Waals surface area (Å²) < 4.78 is 62.9. The van der Waals surface area contributed by atoms with Crippen molar-refractivity contribution in [1.82, 2.24) is 4.98 Å². The van der Waals surface area contributed by atoms with Crippen LogP contribution in [0.1, 0.15) is 11.3 Å². The van der Waals surface area contributed by atoms with Gasteiger partial charge in [0.05, 0.1) is 5.69 Å². The molecule has 0 bridgehead atoms. The highest BCUT2D eigenvalue weighted by molar-refractivity contribution is 9.15. The van der Waals surface area contributed by atoms with Gasteiger partial charge in [-0.05, 0) is 15.9 Å². The highest BCUT2D eigenvalue weighted by Crippen LogP contribution is 2.32. The minimum absolute atomic E-state index is 0.0165. The fourth-order valence-electron chi connectivity index (χ4n) is 1.11. The molecule has 0 aromatic carbocycles. The van der Waals surface area contributed by atoms with Gasteiger partial charge in [-0.15, -0.1) is 0 Å². The Balaban J connectivity index is 3.35. The highest BCUT2D eigenvalue weighted by atomic mass is 79.9. The maximum absolute atomic E-state index is 12.2. The average Bonchev–Trinajstić information content (AvgIpc) is 2.26. The van der Waals surface area contributed by atoms with E-state index < -0.39 is 21.4 Å². The second-order valence-corrected chi connectivity index (χ2v) is 5.66. The highest BCUT2D eigenvalue weighted by Gasteiger charge is 2.48. The molecule has 0 aliphatic rings. The summed E-state index contributed by atoms with van der Waals surface area (Å²) in [5, 5.41) is 0. The summed E-state index contributed by atoms with van der Waals surface area (Å²) >= 11 is 3.00. The third kappa shape index (κ3) is 3.35. The van der Waals surface area contributed by atoms with Crippen LogP contribution in [0.4, 0.5) is 13.2 Å². The summed E-state index contributed by atoms with van der Waals surface area (Å²) in [7, 11) is -5.75. The largest absolute Gasteiger partial charge is 0.534 e. The van der Waals surface area contributed by atoms with Gasteiger partial charge in [0, 0.05) is 22.3 Å². The van der Waals surface area contributed by atoms with Gasteiger partial charge in [0.25, 0.3) is 0 Å². The van der Waals surface area contributed by atoms with Gasteiger partial charge < -0.3 is 4.18 Å². The number of rotatable bonds is 4. The molecule has 104 valence electrons. The van der Waals surface area contributed by atoms with E-state index in [2.05, 4.69) is 38.3 Å². The number of halogens is 4. The second kappa shape index (κ2) is 5.33. The zero-order valence-electron chi connectivity index (χ0n) is 9.24. The van der Waals surface area contributed by atoms with Crippen molar-refractivity contribution >= 4 is 36.6 Å². The Bertz CT molecular complexity index is 625. The zero-order chi connectivity index (χ0) is 14.8. The molecule has 0 radical (unpaired) electrons. The first kappa shape index (κ1) is 15.7. The first-order chi connectivity index (χ1) is 8.60. The van der Waals surface area contributed by atoms with Gasteiger partial charge in [0.1, 0.15) is 0 Å². The van der Waals surface area contributed by atoms with Crippen molar-refractivity contribution in [2.45, 2.75) is 5.51 Å². The molecule has 0 amide bonds. The summed E-state index contributed by atoms with van der Waals surface area (Å²) in [5.74, 6) is -0.530. The zero-order valence-corrected chi connectivity index (χ0v) is 11.6. The van der Waals surface area contributed by atoms with Crippen LogP contribution in [0.15, 0.2) is 25.4 Å². The third-order valence-electron chi connectivity index (χ3n) is 1.89. The van der Waals surface area contributed by atoms with Crippen LogP contribution in [0, 0.1) is 0 Å². The lowest BCUT2D eigenvalue weighted by Crippen LogP contribution is -2.28. The average molecular weight is 358 g/mol. The van der Waals surface area contributed by atoms with Crippen LogP contribution in [-0.4, -0.2) is 18.9 Å². The molecule has 4 nitrogen and oxygen atoms in total. The standard InChI is InChI=1S/C10H7BrF3NO3S/c1-3-7-8(4-5-15-9(7)6(2)11)18-19(16,17)10(12,13)14/h3-5H,1-2H2. The summed E-state index contributed by atoms with van der Waals surface area (Å²) in [6.07, 6.45) is 2.21. The number of aromatic nitrogens is 1. The minimum atomic E-state index is -5.75. The topological polar surface area (TPSA) is 56.3 Å². The van der Waals surface area contributed by atoms with Gasteiger partial charge in [-0.3, -0.25) is 4.98 Å². The van der Waals surface area contributed by atoms with Crippen LogP contribution >= 0.6 is 15.9 Å². The molecule has 0 saturated heterocycles. The van der Waals surface area contributed by atoms with E-state index in [1.807, 2.05) is 0 Å². The van der Waals surface area contributed by atoms with Crippen LogP contribution in [0.5, 0.6) is 5.75 Å². The fourth-order valence-corrected chi connectivity index (χ4v) is 1.90. The molecule has 0 aliphatic carbocycles. The van der Waals surface area contributed by atoms with Gasteiger partial charge in [0.2, 0.25) is 0 Å². The number of hydrogen-bond acceptors (Lipinski definition) is 4. The summed E-state index contributed by atoms with van der Waals surface area (Å²) in [6.45, 7) is 6.87. The van der Waals surface area contributed by atoms with Gasteiger partial charge in [-0.25, -0.2) is 0 Å². The smallest absolute Gasteiger partial charge is 0.375 e. The first-order valence-corrected chi connectivity index (χ1v) is 6.77. The second-order valence-electron chi connectivity index (χ2n) is 3.16. The Hall–Kier alpha value is -1.35. The first-order valence-electron chi connectivity index (χ1n) is 4.57. The van der Waals surface area contributed by atoms with Crippen molar-refractivity contribution in [1.29, 1.82) is 0 Å². The van der Waals surface area contributed by atoms with Crippen molar-refractivity contribution < 1.29 is 25.8 Å². The van der Waals surface area contributed by atoms with Gasteiger partial charge >= 0.3 is 15.6 Å². The molecule has 0 atom stereocenters. The van der Waals surface area contributed by atoms with Crippen LogP contribution in [0.25, 0.3) is 10.6 Å².